The molecule has 0 aliphatic heterocycles. The van der Waals surface area contributed by atoms with E-state index in [0.29, 0.717) is 0 Å². The van der Waals surface area contributed by atoms with Gasteiger partial charge in [0.2, 0.25) is 0 Å². The van der Waals surface area contributed by atoms with Gasteiger partial charge < -0.3 is 0 Å². The molecule has 1 heterocycles. The standard InChI is InChI=1S/C17H22N2S/c1-12-7-9-13(10-8-12)17(19-18)16-11-14-5-3-2-4-6-15(14)20-16/h7-11,17,19H,2-6,18H2,1H3. The molecule has 0 spiro atoms. The van der Waals surface area contributed by atoms with E-state index >= 15 is 0 Å². The lowest BCUT2D eigenvalue weighted by Gasteiger charge is -2.15. The fraction of sp³-hybridized carbons (Fsp3) is 0.412. The average molecular weight is 286 g/mol. The predicted octanol–water partition coefficient (Wildman–Crippen LogP) is 3.88. The van der Waals surface area contributed by atoms with Crippen LogP contribution in [0.3, 0.4) is 0 Å². The van der Waals surface area contributed by atoms with Crippen LogP contribution in [0.4, 0.5) is 0 Å². The molecule has 0 bridgehead atoms. The maximum absolute atomic E-state index is 5.82. The maximum Gasteiger partial charge on any atom is 0.0802 e. The molecule has 106 valence electrons. The number of aryl methyl sites for hydroxylation is 3. The number of nitrogens with two attached hydrogens (primary N) is 1. The second kappa shape index (κ2) is 6.08. The molecule has 1 unspecified atom stereocenters. The van der Waals surface area contributed by atoms with Crippen molar-refractivity contribution in [2.75, 3.05) is 0 Å². The van der Waals surface area contributed by atoms with Crippen LogP contribution in [0.15, 0.2) is 30.3 Å². The van der Waals surface area contributed by atoms with Gasteiger partial charge in [-0.15, -0.1) is 11.3 Å². The Morgan fingerprint density at radius 1 is 1.10 bits per heavy atom. The topological polar surface area (TPSA) is 38.0 Å². The molecule has 1 aromatic heterocycles. The molecule has 3 N–H and O–H groups in total. The van der Waals surface area contributed by atoms with Crippen molar-refractivity contribution >= 4 is 11.3 Å². The van der Waals surface area contributed by atoms with Crippen LogP contribution in [0.25, 0.3) is 0 Å². The zero-order valence-corrected chi connectivity index (χ0v) is 12.8. The van der Waals surface area contributed by atoms with Gasteiger partial charge in [-0.2, -0.15) is 0 Å². The number of nitrogens with one attached hydrogen (secondary N) is 1. The number of thiophene rings is 1. The minimum Gasteiger partial charge on any atom is -0.271 e. The third-order valence-corrected chi connectivity index (χ3v) is 5.43. The summed E-state index contributed by atoms with van der Waals surface area (Å²) in [7, 11) is 0. The zero-order chi connectivity index (χ0) is 13.9. The second-order valence-electron chi connectivity index (χ2n) is 5.67. The van der Waals surface area contributed by atoms with E-state index in [9.17, 15) is 0 Å². The highest BCUT2D eigenvalue weighted by Gasteiger charge is 2.19. The Labute approximate surface area is 125 Å². The minimum atomic E-state index is 0.118. The lowest BCUT2D eigenvalue weighted by molar-refractivity contribution is 0.645. The summed E-state index contributed by atoms with van der Waals surface area (Å²) in [6, 6.07) is 11.1. The minimum absolute atomic E-state index is 0.118. The highest BCUT2D eigenvalue weighted by molar-refractivity contribution is 7.12. The van der Waals surface area contributed by atoms with Crippen molar-refractivity contribution in [3.63, 3.8) is 0 Å². The van der Waals surface area contributed by atoms with E-state index in [1.807, 2.05) is 11.3 Å². The van der Waals surface area contributed by atoms with Gasteiger partial charge in [0.15, 0.2) is 0 Å². The smallest absolute Gasteiger partial charge is 0.0802 e. The number of hydrazine groups is 1. The van der Waals surface area contributed by atoms with Crippen molar-refractivity contribution in [1.29, 1.82) is 0 Å². The van der Waals surface area contributed by atoms with E-state index in [0.717, 1.165) is 0 Å². The van der Waals surface area contributed by atoms with Gasteiger partial charge >= 0.3 is 0 Å². The number of hydrogen-bond acceptors (Lipinski definition) is 3. The molecule has 2 aromatic rings. The molecule has 1 aromatic carbocycles. The van der Waals surface area contributed by atoms with Crippen LogP contribution >= 0.6 is 11.3 Å². The largest absolute Gasteiger partial charge is 0.271 e. The molecule has 20 heavy (non-hydrogen) atoms. The molecule has 0 fully saturated rings. The van der Waals surface area contributed by atoms with E-state index < -0.39 is 0 Å². The van der Waals surface area contributed by atoms with Crippen LogP contribution in [0.2, 0.25) is 0 Å². The number of benzene rings is 1. The highest BCUT2D eigenvalue weighted by Crippen LogP contribution is 2.34. The summed E-state index contributed by atoms with van der Waals surface area (Å²) < 4.78 is 0. The first-order valence-electron chi connectivity index (χ1n) is 7.42. The monoisotopic (exact) mass is 286 g/mol. The normalized spacial score (nSPS) is 16.5. The number of hydrogen-bond donors (Lipinski definition) is 2. The van der Waals surface area contributed by atoms with Gasteiger partial charge in [-0.25, -0.2) is 5.43 Å². The first-order valence-corrected chi connectivity index (χ1v) is 8.24. The second-order valence-corrected chi connectivity index (χ2v) is 6.84. The first-order chi connectivity index (χ1) is 9.78. The predicted molar refractivity (Wildman–Crippen MR) is 85.9 cm³/mol. The quantitative estimate of drug-likeness (QED) is 0.510. The number of rotatable bonds is 3. The summed E-state index contributed by atoms with van der Waals surface area (Å²) in [5.41, 5.74) is 7.07. The zero-order valence-electron chi connectivity index (χ0n) is 12.0. The molecule has 1 aliphatic carbocycles. The van der Waals surface area contributed by atoms with E-state index in [2.05, 4.69) is 42.7 Å². The molecule has 3 rings (SSSR count). The third kappa shape index (κ3) is 2.80. The molecule has 3 heteroatoms. The van der Waals surface area contributed by atoms with E-state index in [-0.39, 0.29) is 6.04 Å². The van der Waals surface area contributed by atoms with Gasteiger partial charge in [-0.1, -0.05) is 36.2 Å². The molecule has 2 nitrogen and oxygen atoms in total. The Balaban J connectivity index is 1.91. The van der Waals surface area contributed by atoms with Crippen LogP contribution in [0.5, 0.6) is 0 Å². The summed E-state index contributed by atoms with van der Waals surface area (Å²) >= 11 is 1.94. The van der Waals surface area contributed by atoms with Crippen molar-refractivity contribution in [3.8, 4) is 0 Å². The van der Waals surface area contributed by atoms with Crippen molar-refractivity contribution in [1.82, 2.24) is 5.43 Å². The number of fused-ring (bicyclic) bond motifs is 1. The summed E-state index contributed by atoms with van der Waals surface area (Å²) in [5.74, 6) is 5.82. The van der Waals surface area contributed by atoms with Crippen LogP contribution < -0.4 is 11.3 Å². The van der Waals surface area contributed by atoms with E-state index in [4.69, 9.17) is 5.84 Å². The Morgan fingerprint density at radius 2 is 1.85 bits per heavy atom. The first kappa shape index (κ1) is 13.8. The van der Waals surface area contributed by atoms with Gasteiger partial charge in [0.05, 0.1) is 6.04 Å². The summed E-state index contributed by atoms with van der Waals surface area (Å²) in [6.07, 6.45) is 6.50. The molecular weight excluding hydrogens is 264 g/mol. The Bertz CT molecular complexity index is 548. The van der Waals surface area contributed by atoms with Crippen LogP contribution in [0, 0.1) is 6.92 Å². The molecule has 1 atom stereocenters. The average Bonchev–Trinajstić information content (AvgIpc) is 2.72. The molecule has 1 aliphatic rings. The summed E-state index contributed by atoms with van der Waals surface area (Å²) in [4.78, 5) is 2.92. The fourth-order valence-electron chi connectivity index (χ4n) is 2.93. The maximum atomic E-state index is 5.82. The van der Waals surface area contributed by atoms with Gasteiger partial charge in [0.1, 0.15) is 0 Å². The molecular formula is C17H22N2S. The van der Waals surface area contributed by atoms with Crippen molar-refractivity contribution in [3.05, 3.63) is 56.8 Å². The Kier molecular flexibility index (Phi) is 4.20. The SMILES string of the molecule is Cc1ccc(C(NN)c2cc3c(s2)CCCCC3)cc1. The van der Waals surface area contributed by atoms with E-state index in [1.165, 1.54) is 48.1 Å². The summed E-state index contributed by atoms with van der Waals surface area (Å²) in [5, 5.41) is 0. The molecule has 0 amide bonds. The van der Waals surface area contributed by atoms with E-state index in [1.54, 1.807) is 10.4 Å². The third-order valence-electron chi connectivity index (χ3n) is 4.13. The van der Waals surface area contributed by atoms with Crippen LogP contribution in [0.1, 0.15) is 51.7 Å². The van der Waals surface area contributed by atoms with Crippen molar-refractivity contribution in [2.45, 2.75) is 45.1 Å². The van der Waals surface area contributed by atoms with Gasteiger partial charge in [-0.05, 0) is 49.8 Å². The lowest BCUT2D eigenvalue weighted by atomic mass is 10.0. The lowest BCUT2D eigenvalue weighted by Crippen LogP contribution is -2.28. The van der Waals surface area contributed by atoms with Crippen LogP contribution in [-0.4, -0.2) is 0 Å². The van der Waals surface area contributed by atoms with Crippen molar-refractivity contribution in [2.24, 2.45) is 5.84 Å². The highest BCUT2D eigenvalue weighted by atomic mass is 32.1. The van der Waals surface area contributed by atoms with Crippen LogP contribution in [-0.2, 0) is 12.8 Å². The Hall–Kier alpha value is -1.16. The van der Waals surface area contributed by atoms with Gasteiger partial charge in [-0.3, -0.25) is 5.84 Å². The fourth-order valence-corrected chi connectivity index (χ4v) is 4.28. The van der Waals surface area contributed by atoms with Gasteiger partial charge in [0.25, 0.3) is 0 Å². The van der Waals surface area contributed by atoms with Crippen molar-refractivity contribution < 1.29 is 0 Å². The molecule has 0 radical (unpaired) electrons. The Morgan fingerprint density at radius 3 is 2.60 bits per heavy atom. The summed E-state index contributed by atoms with van der Waals surface area (Å²) in [6.45, 7) is 2.11. The molecule has 0 saturated heterocycles. The van der Waals surface area contributed by atoms with Gasteiger partial charge in [0, 0.05) is 9.75 Å². The molecule has 0 saturated carbocycles.